The van der Waals surface area contributed by atoms with Crippen LogP contribution in [-0.4, -0.2) is 44.9 Å². The number of aromatic hydroxyl groups is 1. The molecule has 12 heteroatoms. The number of hydrogen-bond donors (Lipinski definition) is 4. The number of carbonyl (C=O) groups excluding carboxylic acids is 2. The Bertz CT molecular complexity index is 1270. The van der Waals surface area contributed by atoms with E-state index in [0.29, 0.717) is 33.5 Å². The Kier molecular flexibility index (Phi) is 10.8. The van der Waals surface area contributed by atoms with Gasteiger partial charge in [0.15, 0.2) is 11.5 Å². The first-order valence-electron chi connectivity index (χ1n) is 11.5. The summed E-state index contributed by atoms with van der Waals surface area (Å²) in [5.74, 6) is -0.456. The quantitative estimate of drug-likeness (QED) is 0.278. The van der Waals surface area contributed by atoms with Gasteiger partial charge in [-0.3, -0.25) is 14.6 Å². The lowest BCUT2D eigenvalue weighted by Crippen LogP contribution is -2.46. The van der Waals surface area contributed by atoms with E-state index in [0.717, 1.165) is 25.7 Å². The summed E-state index contributed by atoms with van der Waals surface area (Å²) in [7, 11) is 0. The van der Waals surface area contributed by atoms with Gasteiger partial charge in [0, 0.05) is 23.8 Å². The molecule has 0 bridgehead atoms. The number of phenols is 1. The third kappa shape index (κ3) is 6.94. The van der Waals surface area contributed by atoms with Gasteiger partial charge in [-0.2, -0.15) is 0 Å². The predicted octanol–water partition coefficient (Wildman–Crippen LogP) is 5.54. The summed E-state index contributed by atoms with van der Waals surface area (Å²) in [5.41, 5.74) is 9.14. The largest absolute Gasteiger partial charge is 0.505 e. The molecule has 4 rings (SSSR count). The Balaban J connectivity index is 0.00000241. The molecule has 2 aromatic heterocycles. The van der Waals surface area contributed by atoms with E-state index in [1.807, 2.05) is 6.07 Å². The number of benzene rings is 1. The Hall–Kier alpha value is -2.36. The first-order chi connectivity index (χ1) is 16.6. The molecule has 2 heterocycles. The second-order valence-electron chi connectivity index (χ2n) is 8.95. The van der Waals surface area contributed by atoms with E-state index in [-0.39, 0.29) is 64.4 Å². The van der Waals surface area contributed by atoms with Crippen LogP contribution in [0, 0.1) is 0 Å². The molecular formula is C25H29Cl4N5O3. The molecule has 1 fully saturated rings. The van der Waals surface area contributed by atoms with Crippen molar-refractivity contribution in [3.63, 3.8) is 0 Å². The molecule has 0 radical (unpaired) electrons. The van der Waals surface area contributed by atoms with Crippen molar-refractivity contribution < 1.29 is 14.7 Å². The Morgan fingerprint density at radius 3 is 2.24 bits per heavy atom. The zero-order chi connectivity index (χ0) is 25.3. The number of phenolic OH excluding ortho intramolecular Hbond substituents is 1. The minimum absolute atomic E-state index is 0. The molecule has 1 atom stereocenters. The Morgan fingerprint density at radius 1 is 1.08 bits per heavy atom. The van der Waals surface area contributed by atoms with Gasteiger partial charge in [-0.15, -0.1) is 24.8 Å². The van der Waals surface area contributed by atoms with E-state index < -0.39 is 6.04 Å². The molecule has 37 heavy (non-hydrogen) atoms. The maximum absolute atomic E-state index is 12.4. The number of nitrogens with zero attached hydrogens (tertiary/aromatic N) is 2. The molecule has 1 aliphatic rings. The lowest BCUT2D eigenvalue weighted by molar-refractivity contribution is -0.122. The fraction of sp³-hybridized carbons (Fsp3) is 0.360. The van der Waals surface area contributed by atoms with Gasteiger partial charge in [-0.1, -0.05) is 23.2 Å². The number of Topliss-reactive ketones (excluding diaryl/α,β-unsaturated/α-hetero) is 1. The van der Waals surface area contributed by atoms with E-state index in [4.69, 9.17) is 33.9 Å². The van der Waals surface area contributed by atoms with Crippen LogP contribution < -0.4 is 16.4 Å². The molecule has 0 spiro atoms. The molecule has 1 aliphatic carbocycles. The van der Waals surface area contributed by atoms with Crippen LogP contribution in [0.15, 0.2) is 30.5 Å². The Labute approximate surface area is 237 Å². The fourth-order valence-electron chi connectivity index (χ4n) is 4.27. The molecule has 5 N–H and O–H groups in total. The molecule has 1 amide bonds. The lowest BCUT2D eigenvalue weighted by atomic mass is 9.90. The van der Waals surface area contributed by atoms with Gasteiger partial charge >= 0.3 is 0 Å². The van der Waals surface area contributed by atoms with Crippen molar-refractivity contribution in [1.82, 2.24) is 15.3 Å². The summed E-state index contributed by atoms with van der Waals surface area (Å²) in [6.45, 7) is 3.17. The number of hydrogen-bond acceptors (Lipinski definition) is 7. The van der Waals surface area contributed by atoms with Crippen molar-refractivity contribution in [3.05, 3.63) is 46.1 Å². The maximum Gasteiger partial charge on any atom is 0.236 e. The molecule has 0 aliphatic heterocycles. The summed E-state index contributed by atoms with van der Waals surface area (Å²) < 4.78 is 0. The van der Waals surface area contributed by atoms with Crippen molar-refractivity contribution in [2.45, 2.75) is 57.7 Å². The van der Waals surface area contributed by atoms with Crippen LogP contribution in [-0.2, 0) is 4.79 Å². The third-order valence-corrected chi connectivity index (χ3v) is 6.82. The topological polar surface area (TPSA) is 130 Å². The zero-order valence-electron chi connectivity index (χ0n) is 20.3. The van der Waals surface area contributed by atoms with Crippen LogP contribution in [0.3, 0.4) is 0 Å². The molecule has 1 saturated carbocycles. The number of fused-ring (bicyclic) bond motifs is 1. The number of halogens is 4. The summed E-state index contributed by atoms with van der Waals surface area (Å²) in [4.78, 5) is 33.6. The second-order valence-corrected chi connectivity index (χ2v) is 9.76. The second kappa shape index (κ2) is 12.9. The lowest BCUT2D eigenvalue weighted by Gasteiger charge is -2.31. The average molecular weight is 589 g/mol. The van der Waals surface area contributed by atoms with Crippen molar-refractivity contribution in [2.75, 3.05) is 5.32 Å². The smallest absolute Gasteiger partial charge is 0.236 e. The molecule has 200 valence electrons. The van der Waals surface area contributed by atoms with E-state index in [1.165, 1.54) is 6.92 Å². The highest BCUT2D eigenvalue weighted by Gasteiger charge is 2.25. The molecule has 0 saturated heterocycles. The standard InChI is InChI=1S/C25H27Cl2N5O3.2ClH/c1-12(28)25(35)31-16-5-3-15(4-6-16)30-22-17(13(2)33)11-29-21-8-7-20(32-23(21)22)14-9-18(26)24(34)19(27)10-14;;/h7-12,15-16,34H,3-6,28H2,1-2H3,(H,29,30)(H,31,35);2*1H. The van der Waals surface area contributed by atoms with Crippen molar-refractivity contribution >= 4 is 76.4 Å². The van der Waals surface area contributed by atoms with Gasteiger partial charge < -0.3 is 21.5 Å². The van der Waals surface area contributed by atoms with Gasteiger partial charge in [0.2, 0.25) is 5.91 Å². The maximum atomic E-state index is 12.4. The fourth-order valence-corrected chi connectivity index (χ4v) is 4.76. The minimum atomic E-state index is -0.536. The number of amides is 1. The van der Waals surface area contributed by atoms with Crippen LogP contribution in [0.5, 0.6) is 5.75 Å². The summed E-state index contributed by atoms with van der Waals surface area (Å²) >= 11 is 12.2. The number of anilines is 1. The predicted molar refractivity (Wildman–Crippen MR) is 153 cm³/mol. The summed E-state index contributed by atoms with van der Waals surface area (Å²) in [6.07, 6.45) is 4.80. The molecule has 1 aromatic carbocycles. The van der Waals surface area contributed by atoms with Crippen molar-refractivity contribution in [3.8, 4) is 17.0 Å². The van der Waals surface area contributed by atoms with Gasteiger partial charge in [-0.05, 0) is 63.8 Å². The van der Waals surface area contributed by atoms with E-state index in [9.17, 15) is 14.7 Å². The van der Waals surface area contributed by atoms with Crippen LogP contribution in [0.4, 0.5) is 5.69 Å². The van der Waals surface area contributed by atoms with E-state index in [1.54, 1.807) is 31.3 Å². The molecule has 3 aromatic rings. The van der Waals surface area contributed by atoms with Crippen LogP contribution in [0.1, 0.15) is 49.9 Å². The number of rotatable bonds is 6. The van der Waals surface area contributed by atoms with Crippen LogP contribution in [0.2, 0.25) is 10.0 Å². The van der Waals surface area contributed by atoms with E-state index >= 15 is 0 Å². The molecule has 8 nitrogen and oxygen atoms in total. The van der Waals surface area contributed by atoms with Crippen LogP contribution >= 0.6 is 48.0 Å². The summed E-state index contributed by atoms with van der Waals surface area (Å²) in [5, 5.41) is 16.7. The normalized spacial score (nSPS) is 17.8. The van der Waals surface area contributed by atoms with Gasteiger partial charge in [0.05, 0.1) is 38.5 Å². The number of carbonyl (C=O) groups is 2. The SMILES string of the molecule is CC(=O)c1cnc2ccc(-c3cc(Cl)c(O)c(Cl)c3)nc2c1NC1CCC(NC(=O)C(C)N)CC1.Cl.Cl. The first-order valence-corrected chi connectivity index (χ1v) is 12.2. The molecule has 1 unspecified atom stereocenters. The first kappa shape index (κ1) is 30.9. The van der Waals surface area contributed by atoms with Gasteiger partial charge in [-0.25, -0.2) is 4.98 Å². The Morgan fingerprint density at radius 2 is 1.68 bits per heavy atom. The highest BCUT2D eigenvalue weighted by Crippen LogP contribution is 2.37. The molecular weight excluding hydrogens is 560 g/mol. The number of nitrogens with one attached hydrogen (secondary N) is 2. The highest BCUT2D eigenvalue weighted by molar-refractivity contribution is 6.37. The van der Waals surface area contributed by atoms with Crippen LogP contribution in [0.25, 0.3) is 22.3 Å². The minimum Gasteiger partial charge on any atom is -0.505 e. The zero-order valence-corrected chi connectivity index (χ0v) is 23.4. The monoisotopic (exact) mass is 587 g/mol. The van der Waals surface area contributed by atoms with E-state index in [2.05, 4.69) is 15.6 Å². The number of ketones is 1. The number of nitrogens with two attached hydrogens (primary N) is 1. The number of pyridine rings is 2. The van der Waals surface area contributed by atoms with Crippen molar-refractivity contribution in [2.24, 2.45) is 5.73 Å². The van der Waals surface area contributed by atoms with Gasteiger partial charge in [0.1, 0.15) is 5.52 Å². The van der Waals surface area contributed by atoms with Crippen molar-refractivity contribution in [1.29, 1.82) is 0 Å². The van der Waals surface area contributed by atoms with Gasteiger partial charge in [0.25, 0.3) is 0 Å². The number of aromatic nitrogens is 2. The summed E-state index contributed by atoms with van der Waals surface area (Å²) in [6, 6.07) is 6.44. The average Bonchev–Trinajstić information content (AvgIpc) is 2.83. The third-order valence-electron chi connectivity index (χ3n) is 6.24. The highest BCUT2D eigenvalue weighted by atomic mass is 35.5.